The molecule has 0 saturated heterocycles. The first-order chi connectivity index (χ1) is 6.43. The maximum atomic E-state index is 4.21. The summed E-state index contributed by atoms with van der Waals surface area (Å²) >= 11 is 0. The van der Waals surface area contributed by atoms with Crippen molar-refractivity contribution in [2.24, 2.45) is 0 Å². The third-order valence-electron chi connectivity index (χ3n) is 1.75. The quantitative estimate of drug-likeness (QED) is 0.525. The number of hydrogen-bond acceptors (Lipinski definition) is 5. The van der Waals surface area contributed by atoms with Crippen molar-refractivity contribution in [1.82, 2.24) is 30.1 Å². The van der Waals surface area contributed by atoms with Crippen LogP contribution in [0.15, 0.2) is 18.7 Å². The van der Waals surface area contributed by atoms with Crippen LogP contribution in [0.5, 0.6) is 0 Å². The molecule has 13 heavy (non-hydrogen) atoms. The van der Waals surface area contributed by atoms with Gasteiger partial charge in [-0.25, -0.2) is 15.0 Å². The van der Waals surface area contributed by atoms with Gasteiger partial charge in [0.15, 0.2) is 5.65 Å². The van der Waals surface area contributed by atoms with Gasteiger partial charge >= 0.3 is 0 Å². The van der Waals surface area contributed by atoms with Crippen molar-refractivity contribution in [2.75, 3.05) is 0 Å². The van der Waals surface area contributed by atoms with Gasteiger partial charge in [-0.05, 0) is 0 Å². The lowest BCUT2D eigenvalue weighted by Crippen LogP contribution is -1.93. The van der Waals surface area contributed by atoms with Crippen molar-refractivity contribution in [3.8, 4) is 11.5 Å². The van der Waals surface area contributed by atoms with Crippen LogP contribution >= 0.6 is 0 Å². The van der Waals surface area contributed by atoms with Crippen LogP contribution in [0, 0.1) is 0 Å². The third-order valence-corrected chi connectivity index (χ3v) is 1.75. The summed E-state index contributed by atoms with van der Waals surface area (Å²) in [6.07, 6.45) is 4.72. The minimum Gasteiger partial charge on any atom is -0.334 e. The second-order valence-electron chi connectivity index (χ2n) is 2.58. The Morgan fingerprint density at radius 1 is 1.23 bits per heavy atom. The molecule has 6 nitrogen and oxygen atoms in total. The van der Waals surface area contributed by atoms with Crippen molar-refractivity contribution < 1.29 is 0 Å². The number of aromatic amines is 1. The van der Waals surface area contributed by atoms with Crippen LogP contribution in [0.1, 0.15) is 0 Å². The molecule has 0 spiro atoms. The molecule has 3 heterocycles. The van der Waals surface area contributed by atoms with E-state index in [9.17, 15) is 0 Å². The summed E-state index contributed by atoms with van der Waals surface area (Å²) in [5.74, 6) is 0.585. The Hall–Kier alpha value is -2.11. The van der Waals surface area contributed by atoms with Crippen LogP contribution in [0.3, 0.4) is 0 Å². The van der Waals surface area contributed by atoms with Gasteiger partial charge in [0.05, 0.1) is 12.4 Å². The molecular formula is C7H4N6. The number of H-pyrrole nitrogens is 1. The fourth-order valence-corrected chi connectivity index (χ4v) is 1.17. The first-order valence-corrected chi connectivity index (χ1v) is 3.70. The number of nitrogens with one attached hydrogen (secondary N) is 1. The smallest absolute Gasteiger partial charge is 0.200 e. The number of rotatable bonds is 0. The van der Waals surface area contributed by atoms with E-state index in [1.165, 1.54) is 6.33 Å². The average molecular weight is 172 g/mol. The molecule has 0 aromatic carbocycles. The number of nitrogens with zero attached hydrogens (tertiary/aromatic N) is 5. The Labute approximate surface area is 72.4 Å². The molecule has 1 N–H and O–H groups in total. The highest BCUT2D eigenvalue weighted by Crippen LogP contribution is 2.15. The van der Waals surface area contributed by atoms with E-state index in [1.54, 1.807) is 12.4 Å². The van der Waals surface area contributed by atoms with E-state index in [1.807, 2.05) is 0 Å². The zero-order chi connectivity index (χ0) is 8.67. The van der Waals surface area contributed by atoms with Crippen LogP contribution in [0.25, 0.3) is 22.7 Å². The molecule has 2 aliphatic rings. The van der Waals surface area contributed by atoms with Gasteiger partial charge in [0, 0.05) is 0 Å². The summed E-state index contributed by atoms with van der Waals surface area (Å²) in [5, 5.41) is 7.55. The number of hydrogen-bond donors (Lipinski definition) is 1. The van der Waals surface area contributed by atoms with Crippen LogP contribution in [-0.4, -0.2) is 30.1 Å². The van der Waals surface area contributed by atoms with E-state index in [-0.39, 0.29) is 0 Å². The monoisotopic (exact) mass is 172 g/mol. The Kier molecular flexibility index (Phi) is 1.08. The van der Waals surface area contributed by atoms with E-state index < -0.39 is 0 Å². The summed E-state index contributed by atoms with van der Waals surface area (Å²) in [6.45, 7) is 0. The standard InChI is InChI=1S/C7H4N6/c1-4-6(9-3-8-1)11-5-2-10-13-7(5)12-4/h1-3H,(H,8,9,11). The Morgan fingerprint density at radius 3 is 3.23 bits per heavy atom. The fourth-order valence-electron chi connectivity index (χ4n) is 1.17. The van der Waals surface area contributed by atoms with E-state index in [4.69, 9.17) is 0 Å². The molecule has 0 fully saturated rings. The normalized spacial score (nSPS) is 11.1. The predicted octanol–water partition coefficient (Wildman–Crippen LogP) is 0.248. The number of fused-ring (bicyclic) bond motifs is 2. The lowest BCUT2D eigenvalue weighted by Gasteiger charge is -1.98. The van der Waals surface area contributed by atoms with Crippen molar-refractivity contribution in [1.29, 1.82) is 0 Å². The second-order valence-corrected chi connectivity index (χ2v) is 2.58. The van der Waals surface area contributed by atoms with Crippen LogP contribution in [0.4, 0.5) is 0 Å². The molecule has 1 aromatic heterocycles. The van der Waals surface area contributed by atoms with Gasteiger partial charge in [-0.1, -0.05) is 0 Å². The Balaban J connectivity index is 2.52. The van der Waals surface area contributed by atoms with Gasteiger partial charge in [-0.3, -0.25) is 0 Å². The van der Waals surface area contributed by atoms with E-state index in [0.29, 0.717) is 17.0 Å². The average Bonchev–Trinajstić information content (AvgIpc) is 2.61. The maximum absolute atomic E-state index is 4.21. The Bertz CT molecular complexity index is 483. The molecule has 6 heteroatoms. The zero-order valence-corrected chi connectivity index (χ0v) is 6.47. The minimum absolute atomic E-state index is 0.585. The third kappa shape index (κ3) is 0.851. The van der Waals surface area contributed by atoms with Gasteiger partial charge in [-0.2, -0.15) is 5.10 Å². The summed E-state index contributed by atoms with van der Waals surface area (Å²) in [4.78, 5) is 15.1. The zero-order valence-electron chi connectivity index (χ0n) is 6.47. The molecule has 0 unspecified atom stereocenters. The summed E-state index contributed by atoms with van der Waals surface area (Å²) in [7, 11) is 0. The van der Waals surface area contributed by atoms with Crippen LogP contribution in [0.2, 0.25) is 0 Å². The summed E-state index contributed by atoms with van der Waals surface area (Å²) < 4.78 is 0. The summed E-state index contributed by atoms with van der Waals surface area (Å²) in [6, 6.07) is 0. The van der Waals surface area contributed by atoms with Crippen LogP contribution < -0.4 is 0 Å². The van der Waals surface area contributed by atoms with E-state index >= 15 is 0 Å². The highest BCUT2D eigenvalue weighted by atomic mass is 15.2. The fraction of sp³-hybridized carbons (Fsp3) is 0. The highest BCUT2D eigenvalue weighted by Gasteiger charge is 2.08. The van der Waals surface area contributed by atoms with Crippen LogP contribution in [-0.2, 0) is 0 Å². The molecule has 0 bridgehead atoms. The molecule has 1 aromatic rings. The SMILES string of the molecule is c1ncc2nc3nncc-3[nH]c2n1. The molecule has 0 aliphatic carbocycles. The van der Waals surface area contributed by atoms with Crippen molar-refractivity contribution in [3.05, 3.63) is 18.7 Å². The minimum atomic E-state index is 0.585. The molecule has 2 aliphatic heterocycles. The summed E-state index contributed by atoms with van der Waals surface area (Å²) in [5.41, 5.74) is 2.17. The van der Waals surface area contributed by atoms with E-state index in [0.717, 1.165) is 5.69 Å². The van der Waals surface area contributed by atoms with Crippen molar-refractivity contribution in [2.45, 2.75) is 0 Å². The lowest BCUT2D eigenvalue weighted by molar-refractivity contribution is 1.06. The second kappa shape index (κ2) is 2.19. The van der Waals surface area contributed by atoms with Gasteiger partial charge in [-0.15, -0.1) is 5.10 Å². The first-order valence-electron chi connectivity index (χ1n) is 3.70. The largest absolute Gasteiger partial charge is 0.334 e. The highest BCUT2D eigenvalue weighted by molar-refractivity contribution is 5.73. The maximum Gasteiger partial charge on any atom is 0.200 e. The predicted molar refractivity (Wildman–Crippen MR) is 43.9 cm³/mol. The van der Waals surface area contributed by atoms with Gasteiger partial charge < -0.3 is 4.98 Å². The molecule has 3 rings (SSSR count). The van der Waals surface area contributed by atoms with Crippen molar-refractivity contribution in [3.63, 3.8) is 0 Å². The topological polar surface area (TPSA) is 80.2 Å². The molecule has 0 saturated carbocycles. The van der Waals surface area contributed by atoms with Gasteiger partial charge in [0.1, 0.15) is 17.5 Å². The molecule has 0 atom stereocenters. The van der Waals surface area contributed by atoms with Crippen molar-refractivity contribution >= 4 is 11.2 Å². The first kappa shape index (κ1) is 6.41. The van der Waals surface area contributed by atoms with Gasteiger partial charge in [0.25, 0.3) is 0 Å². The molecular weight excluding hydrogens is 168 g/mol. The van der Waals surface area contributed by atoms with Gasteiger partial charge in [0.2, 0.25) is 5.82 Å². The molecule has 0 amide bonds. The molecule has 62 valence electrons. The number of aromatic nitrogens is 6. The van der Waals surface area contributed by atoms with E-state index in [2.05, 4.69) is 30.1 Å². The lowest BCUT2D eigenvalue weighted by atomic mass is 10.4. The Morgan fingerprint density at radius 2 is 2.23 bits per heavy atom. The molecule has 0 radical (unpaired) electrons.